The first-order valence-electron chi connectivity index (χ1n) is 11.2. The lowest BCUT2D eigenvalue weighted by molar-refractivity contribution is -0.122. The van der Waals surface area contributed by atoms with Crippen LogP contribution in [0.1, 0.15) is 96.8 Å². The molecule has 0 fully saturated rings. The van der Waals surface area contributed by atoms with Gasteiger partial charge in [-0.15, -0.1) is 0 Å². The Hall–Kier alpha value is -0.560. The Balaban J connectivity index is 3.48. The zero-order valence-corrected chi connectivity index (χ0v) is 19.0. The highest BCUT2D eigenvalue weighted by molar-refractivity contribution is 7.53. The quantitative estimate of drug-likeness (QED) is 0.111. The maximum Gasteiger partial charge on any atom is 0.567 e. The number of allylic oxidation sites excluding steroid dienone is 2. The Kier molecular flexibility index (Phi) is 19.0. The molecule has 8 heteroatoms. The summed E-state index contributed by atoms with van der Waals surface area (Å²) in [5.41, 5.74) is 0. The van der Waals surface area contributed by atoms with Crippen LogP contribution >= 0.6 is 8.17 Å². The first-order chi connectivity index (χ1) is 13.9. The Morgan fingerprint density at radius 3 is 1.93 bits per heavy atom. The number of unbranched alkanes of at least 4 members (excludes halogenated alkanes) is 11. The van der Waals surface area contributed by atoms with Gasteiger partial charge in [0.25, 0.3) is 0 Å². The minimum atomic E-state index is -4.35. The fourth-order valence-corrected chi connectivity index (χ4v) is 3.37. The third-order valence-electron chi connectivity index (χ3n) is 4.70. The number of aliphatic hydroxyl groups excluding tert-OH is 1. The summed E-state index contributed by atoms with van der Waals surface area (Å²) in [7, 11) is -4.35. The summed E-state index contributed by atoms with van der Waals surface area (Å²) >= 11 is 0. The molecule has 0 aliphatic rings. The molecule has 29 heavy (non-hydrogen) atoms. The molecule has 1 atom stereocenters. The van der Waals surface area contributed by atoms with Crippen molar-refractivity contribution in [3.05, 3.63) is 12.2 Å². The third-order valence-corrected chi connectivity index (χ3v) is 5.20. The Morgan fingerprint density at radius 1 is 0.897 bits per heavy atom. The number of nitrogens with one attached hydrogen (secondary N) is 1. The van der Waals surface area contributed by atoms with Gasteiger partial charge in [-0.25, -0.2) is 0 Å². The molecule has 1 amide bonds. The molecule has 0 radical (unpaired) electrons. The predicted molar refractivity (Wildman–Crippen MR) is 118 cm³/mol. The van der Waals surface area contributed by atoms with Crippen LogP contribution in [0.5, 0.6) is 0 Å². The highest BCUT2D eigenvalue weighted by atomic mass is 31.2. The molecule has 0 aromatic heterocycles. The van der Waals surface area contributed by atoms with Crippen LogP contribution in [0.25, 0.3) is 0 Å². The lowest BCUT2D eigenvalue weighted by Crippen LogP contribution is -2.40. The maximum absolute atomic E-state index is 11.8. The van der Waals surface area contributed by atoms with Crippen LogP contribution in [0, 0.1) is 0 Å². The first-order valence-corrected chi connectivity index (χ1v) is 12.7. The fourth-order valence-electron chi connectivity index (χ4n) is 2.99. The molecule has 5 N–H and O–H groups in total. The molecule has 0 rings (SSSR count). The molecule has 7 nitrogen and oxygen atoms in total. The van der Waals surface area contributed by atoms with Gasteiger partial charge in [0.1, 0.15) is 6.61 Å². The number of hydrogen-bond acceptors (Lipinski definition) is 6. The van der Waals surface area contributed by atoms with E-state index in [4.69, 9.17) is 19.8 Å². The fraction of sp³-hybridized carbons (Fsp3) is 0.857. The number of carbonyl (C=O) groups excluding carboxylic acids is 1. The largest absolute Gasteiger partial charge is 0.567 e. The smallest absolute Gasteiger partial charge is 0.394 e. The van der Waals surface area contributed by atoms with Gasteiger partial charge >= 0.3 is 8.17 Å². The standard InChI is InChI=1S/C21H42NO6P/c1-2-3-4-5-6-7-8-9-10-11-12-13-14-15-16-17-21(24)22-20(18-23)19-28-29(25,26)27/h9-10,20,23,25-27H,2-8,11-19H2,1H3/p+1/b10-9-/t20-/m0/s1. The Labute approximate surface area is 177 Å². The summed E-state index contributed by atoms with van der Waals surface area (Å²) < 4.78 is 4.41. The van der Waals surface area contributed by atoms with E-state index in [0.29, 0.717) is 6.42 Å². The lowest BCUT2D eigenvalue weighted by Gasteiger charge is -2.15. The van der Waals surface area contributed by atoms with Gasteiger partial charge in [-0.05, 0) is 32.1 Å². The number of hydrogen-bond donors (Lipinski definition) is 5. The molecule has 0 aliphatic heterocycles. The van der Waals surface area contributed by atoms with E-state index in [1.165, 1.54) is 51.4 Å². The molecule has 0 saturated heterocycles. The van der Waals surface area contributed by atoms with Crippen molar-refractivity contribution in [2.45, 2.75) is 103 Å². The van der Waals surface area contributed by atoms with Gasteiger partial charge in [0.2, 0.25) is 5.91 Å². The van der Waals surface area contributed by atoms with Crippen LogP contribution in [0.15, 0.2) is 12.2 Å². The topological polar surface area (TPSA) is 119 Å². The Morgan fingerprint density at radius 2 is 1.41 bits per heavy atom. The van der Waals surface area contributed by atoms with Crippen molar-refractivity contribution < 1.29 is 29.1 Å². The lowest BCUT2D eigenvalue weighted by atomic mass is 10.1. The second-order valence-corrected chi connectivity index (χ2v) is 8.88. The van der Waals surface area contributed by atoms with E-state index in [1.807, 2.05) is 0 Å². The van der Waals surface area contributed by atoms with E-state index >= 15 is 0 Å². The molecule has 0 aromatic carbocycles. The minimum Gasteiger partial charge on any atom is -0.394 e. The van der Waals surface area contributed by atoms with E-state index in [-0.39, 0.29) is 12.5 Å². The average Bonchev–Trinajstić information content (AvgIpc) is 2.67. The zero-order valence-electron chi connectivity index (χ0n) is 18.1. The summed E-state index contributed by atoms with van der Waals surface area (Å²) in [6, 6.07) is -0.767. The normalized spacial score (nSPS) is 13.1. The van der Waals surface area contributed by atoms with Gasteiger partial charge < -0.3 is 10.4 Å². The summed E-state index contributed by atoms with van der Waals surface area (Å²) in [4.78, 5) is 38.1. The molecule has 0 spiro atoms. The highest BCUT2D eigenvalue weighted by Crippen LogP contribution is 2.45. The van der Waals surface area contributed by atoms with Crippen molar-refractivity contribution in [1.82, 2.24) is 5.32 Å². The van der Waals surface area contributed by atoms with Crippen molar-refractivity contribution >= 4 is 14.1 Å². The highest BCUT2D eigenvalue weighted by Gasteiger charge is 2.34. The Bertz CT molecular complexity index is 414. The van der Waals surface area contributed by atoms with Gasteiger partial charge in [0.15, 0.2) is 0 Å². The van der Waals surface area contributed by atoms with E-state index < -0.39 is 20.8 Å². The van der Waals surface area contributed by atoms with Crippen molar-refractivity contribution in [3.63, 3.8) is 0 Å². The van der Waals surface area contributed by atoms with Crippen molar-refractivity contribution in [2.24, 2.45) is 0 Å². The van der Waals surface area contributed by atoms with Gasteiger partial charge in [-0.1, -0.05) is 70.4 Å². The molecule has 0 saturated carbocycles. The number of carbonyl (C=O) groups is 1. The monoisotopic (exact) mass is 436 g/mol. The molecule has 0 bridgehead atoms. The van der Waals surface area contributed by atoms with E-state index in [2.05, 4.69) is 28.9 Å². The van der Waals surface area contributed by atoms with Crippen LogP contribution in [0.3, 0.4) is 0 Å². The van der Waals surface area contributed by atoms with Crippen LogP contribution in [0.4, 0.5) is 0 Å². The van der Waals surface area contributed by atoms with Gasteiger partial charge in [0, 0.05) is 6.42 Å². The molecular formula is C21H43NO6P+. The molecule has 0 heterocycles. The molecule has 0 aliphatic carbocycles. The second kappa shape index (κ2) is 19.4. The predicted octanol–water partition coefficient (Wildman–Crippen LogP) is 4.17. The van der Waals surface area contributed by atoms with E-state index in [0.717, 1.165) is 32.1 Å². The van der Waals surface area contributed by atoms with Gasteiger partial charge in [-0.3, -0.25) is 4.79 Å². The van der Waals surface area contributed by atoms with Gasteiger partial charge in [0.05, 0.1) is 12.6 Å². The zero-order chi connectivity index (χ0) is 21.8. The average molecular weight is 437 g/mol. The van der Waals surface area contributed by atoms with E-state index in [1.54, 1.807) is 0 Å². The van der Waals surface area contributed by atoms with Crippen LogP contribution in [-0.4, -0.2) is 44.9 Å². The summed E-state index contributed by atoms with van der Waals surface area (Å²) in [5.74, 6) is -0.219. The first kappa shape index (κ1) is 28.4. The third kappa shape index (κ3) is 22.0. The summed E-state index contributed by atoms with van der Waals surface area (Å²) in [6.45, 7) is 1.48. The van der Waals surface area contributed by atoms with Crippen LogP contribution < -0.4 is 5.32 Å². The molecular weight excluding hydrogens is 393 g/mol. The maximum atomic E-state index is 11.8. The second-order valence-electron chi connectivity index (χ2n) is 7.59. The molecule has 0 unspecified atom stereocenters. The number of aliphatic hydroxyl groups is 1. The van der Waals surface area contributed by atoms with Crippen molar-refractivity contribution in [3.8, 4) is 0 Å². The summed E-state index contributed by atoms with van der Waals surface area (Å²) in [6.07, 6.45) is 20.5. The van der Waals surface area contributed by atoms with Crippen LogP contribution in [0.2, 0.25) is 0 Å². The van der Waals surface area contributed by atoms with Crippen molar-refractivity contribution in [2.75, 3.05) is 13.2 Å². The summed E-state index contributed by atoms with van der Waals surface area (Å²) in [5, 5.41) is 11.7. The van der Waals surface area contributed by atoms with Crippen molar-refractivity contribution in [1.29, 1.82) is 0 Å². The number of rotatable bonds is 20. The molecule has 0 aromatic rings. The number of amides is 1. The SMILES string of the molecule is CCCCCCCC/C=C\CCCCCCCC(=O)N[C@@H](CO)CO[P+](O)(O)O. The molecule has 172 valence electrons. The van der Waals surface area contributed by atoms with E-state index in [9.17, 15) is 4.79 Å². The minimum absolute atomic E-state index is 0.219. The van der Waals surface area contributed by atoms with Crippen LogP contribution in [-0.2, 0) is 9.32 Å². The van der Waals surface area contributed by atoms with Gasteiger partial charge in [-0.2, -0.15) is 19.2 Å².